The molecule has 0 rings (SSSR count). The molecule has 0 spiro atoms. The van der Waals surface area contributed by atoms with Gasteiger partial charge < -0.3 is 9.47 Å². The smallest absolute Gasteiger partial charge is 0.314 e. The fourth-order valence-electron chi connectivity index (χ4n) is 2.69. The van der Waals surface area contributed by atoms with Gasteiger partial charge >= 0.3 is 18.1 Å². The Morgan fingerprint density at radius 1 is 0.679 bits per heavy atom. The summed E-state index contributed by atoms with van der Waals surface area (Å²) in [7, 11) is 0. The number of rotatable bonds is 12. The van der Waals surface area contributed by atoms with E-state index in [1.54, 1.807) is 6.92 Å². The van der Waals surface area contributed by atoms with Gasteiger partial charge in [0.05, 0.1) is 17.1 Å². The second kappa shape index (κ2) is 8.70. The minimum absolute atomic E-state index is 0.245. The Balaban J connectivity index is 6.02. The molecule has 170 valence electrons. The lowest BCUT2D eigenvalue weighted by Crippen LogP contribution is -2.59. The van der Waals surface area contributed by atoms with E-state index in [2.05, 4.69) is 4.74 Å². The van der Waals surface area contributed by atoms with Gasteiger partial charge in [0.25, 0.3) is 0 Å². The quantitative estimate of drug-likeness (QED) is 0.301. The molecule has 0 aromatic carbocycles. The summed E-state index contributed by atoms with van der Waals surface area (Å²) in [6.45, 7) is 11.6. The maximum absolute atomic E-state index is 15.0. The Morgan fingerprint density at radius 3 is 1.46 bits per heavy atom. The van der Waals surface area contributed by atoms with E-state index in [-0.39, 0.29) is 25.7 Å². The molecule has 28 heavy (non-hydrogen) atoms. The Bertz CT molecular complexity index is 505. The Morgan fingerprint density at radius 2 is 1.14 bits per heavy atom. The summed E-state index contributed by atoms with van der Waals surface area (Å²) in [6, 6.07) is 0. The maximum atomic E-state index is 15.0. The highest BCUT2D eigenvalue weighted by Gasteiger charge is 2.68. The van der Waals surface area contributed by atoms with Gasteiger partial charge in [-0.1, -0.05) is 41.5 Å². The van der Waals surface area contributed by atoms with Gasteiger partial charge in [0.1, 0.15) is 0 Å². The molecule has 0 amide bonds. The number of alkyl halides is 6. The topological polar surface area (TPSA) is 18.5 Å². The zero-order valence-corrected chi connectivity index (χ0v) is 18.5. The van der Waals surface area contributed by atoms with Crippen molar-refractivity contribution in [2.75, 3.05) is 0 Å². The zero-order chi connectivity index (χ0) is 22.8. The lowest BCUT2D eigenvalue weighted by atomic mass is 9.78. The molecule has 0 aliphatic rings. The van der Waals surface area contributed by atoms with E-state index in [1.165, 1.54) is 34.6 Å². The summed E-state index contributed by atoms with van der Waals surface area (Å²) in [5, 5.41) is 0. The van der Waals surface area contributed by atoms with Crippen LogP contribution in [0, 0.1) is 10.8 Å². The van der Waals surface area contributed by atoms with E-state index in [4.69, 9.17) is 4.74 Å². The van der Waals surface area contributed by atoms with Crippen LogP contribution in [0.1, 0.15) is 88.0 Å². The van der Waals surface area contributed by atoms with Crippen molar-refractivity contribution >= 4 is 0 Å². The van der Waals surface area contributed by atoms with Crippen molar-refractivity contribution in [2.24, 2.45) is 10.8 Å². The van der Waals surface area contributed by atoms with Gasteiger partial charge in [0, 0.05) is 5.41 Å². The molecule has 0 aliphatic heterocycles. The molecule has 0 radical (unpaired) electrons. The summed E-state index contributed by atoms with van der Waals surface area (Å²) in [5.74, 6) is -4.55. The lowest BCUT2D eigenvalue weighted by Gasteiger charge is -2.46. The normalized spacial score (nSPS) is 18.1. The van der Waals surface area contributed by atoms with Gasteiger partial charge in [-0.2, -0.15) is 26.3 Å². The van der Waals surface area contributed by atoms with E-state index >= 15 is 8.78 Å². The monoisotopic (exact) mass is 422 g/mol. The molecule has 0 aromatic rings. The van der Waals surface area contributed by atoms with Crippen LogP contribution in [0.25, 0.3) is 0 Å². The largest absolute Gasteiger partial charge is 0.420 e. The van der Waals surface area contributed by atoms with Crippen molar-refractivity contribution in [2.45, 2.75) is 118 Å². The van der Waals surface area contributed by atoms with Crippen LogP contribution in [0.3, 0.4) is 0 Å². The van der Waals surface area contributed by atoms with Crippen LogP contribution in [0.4, 0.5) is 26.3 Å². The summed E-state index contributed by atoms with van der Waals surface area (Å²) in [4.78, 5) is 0. The highest BCUT2D eigenvalue weighted by Crippen LogP contribution is 2.54. The second-order valence-corrected chi connectivity index (χ2v) is 8.85. The van der Waals surface area contributed by atoms with Crippen LogP contribution in [-0.4, -0.2) is 29.8 Å². The summed E-state index contributed by atoms with van der Waals surface area (Å²) < 4.78 is 97.5. The lowest BCUT2D eigenvalue weighted by molar-refractivity contribution is -0.421. The first-order valence-electron chi connectivity index (χ1n) is 9.82. The van der Waals surface area contributed by atoms with E-state index < -0.39 is 40.7 Å². The van der Waals surface area contributed by atoms with E-state index in [0.29, 0.717) is 0 Å². The third kappa shape index (κ3) is 5.15. The summed E-state index contributed by atoms with van der Waals surface area (Å²) in [6.07, 6.45) is -11.3. The average molecular weight is 422 g/mol. The standard InChI is InChI=1S/C20H36F6O2/c1-10-14(27-20(25,26)18(21,22)15(5,6)11-2)17(9,13-4)19(23,24)28-16(7,8)12-3/h14H,10-13H2,1-9H3. The van der Waals surface area contributed by atoms with Crippen LogP contribution in [0.2, 0.25) is 0 Å². The number of hydrogen-bond donors (Lipinski definition) is 0. The van der Waals surface area contributed by atoms with Crippen LogP contribution in [0.5, 0.6) is 0 Å². The second-order valence-electron chi connectivity index (χ2n) is 8.85. The Kier molecular flexibility index (Phi) is 8.55. The van der Waals surface area contributed by atoms with Crippen molar-refractivity contribution in [3.63, 3.8) is 0 Å². The first kappa shape index (κ1) is 27.5. The molecule has 8 heteroatoms. The molecule has 0 bridgehead atoms. The molecule has 0 aliphatic carbocycles. The molecule has 0 heterocycles. The molecule has 0 saturated heterocycles. The van der Waals surface area contributed by atoms with Crippen LogP contribution < -0.4 is 0 Å². The van der Waals surface area contributed by atoms with Crippen LogP contribution >= 0.6 is 0 Å². The van der Waals surface area contributed by atoms with Crippen LogP contribution in [0.15, 0.2) is 0 Å². The summed E-state index contributed by atoms with van der Waals surface area (Å²) >= 11 is 0. The molecule has 0 N–H and O–H groups in total. The maximum Gasteiger partial charge on any atom is 0.420 e. The highest BCUT2D eigenvalue weighted by molar-refractivity contribution is 4.95. The molecule has 0 saturated carbocycles. The van der Waals surface area contributed by atoms with Gasteiger partial charge in [0.15, 0.2) is 0 Å². The third-order valence-electron chi connectivity index (χ3n) is 6.13. The highest BCUT2D eigenvalue weighted by atomic mass is 19.3. The molecule has 0 aromatic heterocycles. The molecule has 0 fully saturated rings. The minimum atomic E-state index is -4.92. The van der Waals surface area contributed by atoms with Gasteiger partial charge in [-0.15, -0.1) is 0 Å². The van der Waals surface area contributed by atoms with Crippen molar-refractivity contribution in [3.8, 4) is 0 Å². The van der Waals surface area contributed by atoms with Crippen LogP contribution in [-0.2, 0) is 9.47 Å². The van der Waals surface area contributed by atoms with Gasteiger partial charge in [-0.3, -0.25) is 0 Å². The SMILES string of the molecule is CCC(OC(F)(F)C(F)(F)C(C)(C)CC)C(C)(CC)C(F)(F)OC(C)(C)CC. The molecule has 2 unspecified atom stereocenters. The predicted octanol–water partition coefficient (Wildman–Crippen LogP) is 7.66. The third-order valence-corrected chi connectivity index (χ3v) is 6.13. The zero-order valence-electron chi connectivity index (χ0n) is 18.5. The van der Waals surface area contributed by atoms with Gasteiger partial charge in [0.2, 0.25) is 0 Å². The first-order valence-corrected chi connectivity index (χ1v) is 9.82. The summed E-state index contributed by atoms with van der Waals surface area (Å²) in [5.41, 5.74) is -5.54. The predicted molar refractivity (Wildman–Crippen MR) is 97.9 cm³/mol. The van der Waals surface area contributed by atoms with E-state index in [1.807, 2.05) is 0 Å². The van der Waals surface area contributed by atoms with Gasteiger partial charge in [-0.05, 0) is 46.5 Å². The Hall–Kier alpha value is -0.500. The van der Waals surface area contributed by atoms with Gasteiger partial charge in [-0.25, -0.2) is 0 Å². The average Bonchev–Trinajstić information content (AvgIpc) is 2.57. The van der Waals surface area contributed by atoms with Crippen molar-refractivity contribution < 1.29 is 35.8 Å². The minimum Gasteiger partial charge on any atom is -0.314 e. The molecule has 2 atom stereocenters. The van der Waals surface area contributed by atoms with Crippen molar-refractivity contribution in [3.05, 3.63) is 0 Å². The van der Waals surface area contributed by atoms with Crippen molar-refractivity contribution in [1.82, 2.24) is 0 Å². The van der Waals surface area contributed by atoms with E-state index in [0.717, 1.165) is 20.8 Å². The molecule has 2 nitrogen and oxygen atoms in total. The molecular formula is C20H36F6O2. The molecular weight excluding hydrogens is 386 g/mol. The first-order chi connectivity index (χ1) is 12.3. The van der Waals surface area contributed by atoms with E-state index in [9.17, 15) is 17.6 Å². The number of halogens is 6. The van der Waals surface area contributed by atoms with Crippen molar-refractivity contribution in [1.29, 1.82) is 0 Å². The number of hydrogen-bond acceptors (Lipinski definition) is 2. The Labute approximate surface area is 165 Å². The fourth-order valence-corrected chi connectivity index (χ4v) is 2.69. The number of ether oxygens (including phenoxy) is 2. The fraction of sp³-hybridized carbons (Fsp3) is 1.00.